The lowest BCUT2D eigenvalue weighted by molar-refractivity contribution is 0.318. The Labute approximate surface area is 94.5 Å². The van der Waals surface area contributed by atoms with Crippen LogP contribution in [0.3, 0.4) is 0 Å². The van der Waals surface area contributed by atoms with Crippen LogP contribution in [0, 0.1) is 0 Å². The zero-order valence-corrected chi connectivity index (χ0v) is 9.90. The van der Waals surface area contributed by atoms with E-state index in [0.717, 1.165) is 6.26 Å². The molecular formula is C10H14N2O3S. The number of hydrogen-bond donors (Lipinski definition) is 2. The molecule has 16 heavy (non-hydrogen) atoms. The van der Waals surface area contributed by atoms with Gasteiger partial charge in [0.2, 0.25) is 0 Å². The first kappa shape index (κ1) is 12.5. The normalized spacial score (nSPS) is 14.8. The van der Waals surface area contributed by atoms with E-state index >= 15 is 0 Å². The second kappa shape index (κ2) is 4.52. The molecule has 0 aliphatic heterocycles. The van der Waals surface area contributed by atoms with Crippen molar-refractivity contribution in [3.63, 3.8) is 0 Å². The van der Waals surface area contributed by atoms with Crippen molar-refractivity contribution in [2.75, 3.05) is 12.0 Å². The molecule has 0 aliphatic rings. The van der Waals surface area contributed by atoms with Crippen LogP contribution in [0.25, 0.3) is 0 Å². The second-order valence-electron chi connectivity index (χ2n) is 3.58. The first-order chi connectivity index (χ1) is 7.36. The minimum absolute atomic E-state index is 0.0924. The number of nitrogen functional groups attached to an aromatic ring is 1. The van der Waals surface area contributed by atoms with Gasteiger partial charge in [-0.1, -0.05) is 17.3 Å². The number of benzene rings is 1. The summed E-state index contributed by atoms with van der Waals surface area (Å²) in [5.74, 6) is 0. The Morgan fingerprint density at radius 2 is 2.12 bits per heavy atom. The summed E-state index contributed by atoms with van der Waals surface area (Å²) in [6.45, 7) is 1.47. The largest absolute Gasteiger partial charge is 0.411 e. The van der Waals surface area contributed by atoms with E-state index in [1.165, 1.54) is 6.92 Å². The van der Waals surface area contributed by atoms with Crippen LogP contribution < -0.4 is 5.73 Å². The molecule has 0 fully saturated rings. The Morgan fingerprint density at radius 1 is 1.50 bits per heavy atom. The third kappa shape index (κ3) is 2.73. The second-order valence-corrected chi connectivity index (χ2v) is 5.95. The summed E-state index contributed by atoms with van der Waals surface area (Å²) in [4.78, 5) is 0. The molecule has 5 nitrogen and oxygen atoms in total. The highest BCUT2D eigenvalue weighted by atomic mass is 32.2. The molecular weight excluding hydrogens is 228 g/mol. The minimum atomic E-state index is -3.31. The molecule has 1 rings (SSSR count). The van der Waals surface area contributed by atoms with E-state index in [2.05, 4.69) is 5.16 Å². The van der Waals surface area contributed by atoms with Gasteiger partial charge in [-0.25, -0.2) is 8.42 Å². The molecule has 1 unspecified atom stereocenters. The Morgan fingerprint density at radius 3 is 2.56 bits per heavy atom. The van der Waals surface area contributed by atoms with Gasteiger partial charge in [0, 0.05) is 17.5 Å². The van der Waals surface area contributed by atoms with Crippen molar-refractivity contribution in [3.8, 4) is 0 Å². The van der Waals surface area contributed by atoms with Crippen molar-refractivity contribution in [2.24, 2.45) is 5.16 Å². The minimum Gasteiger partial charge on any atom is -0.411 e. The molecule has 1 aromatic rings. The first-order valence-electron chi connectivity index (χ1n) is 4.63. The molecule has 0 heterocycles. The van der Waals surface area contributed by atoms with Crippen molar-refractivity contribution >= 4 is 21.2 Å². The van der Waals surface area contributed by atoms with Gasteiger partial charge < -0.3 is 10.9 Å². The Hall–Kier alpha value is -1.56. The molecule has 0 bridgehead atoms. The molecule has 0 aromatic heterocycles. The lowest BCUT2D eigenvalue weighted by Crippen LogP contribution is -2.27. The van der Waals surface area contributed by atoms with E-state index in [1.54, 1.807) is 24.3 Å². The zero-order valence-electron chi connectivity index (χ0n) is 9.08. The SMILES string of the molecule is CC(C(=NO)c1cccc(N)c1)S(C)(=O)=O. The van der Waals surface area contributed by atoms with Crippen molar-refractivity contribution in [2.45, 2.75) is 12.2 Å². The summed E-state index contributed by atoms with van der Waals surface area (Å²) in [5.41, 5.74) is 6.65. The van der Waals surface area contributed by atoms with Crippen LogP contribution in [0.1, 0.15) is 12.5 Å². The third-order valence-electron chi connectivity index (χ3n) is 2.32. The molecule has 0 aliphatic carbocycles. The van der Waals surface area contributed by atoms with Crippen molar-refractivity contribution in [3.05, 3.63) is 29.8 Å². The average Bonchev–Trinajstić information content (AvgIpc) is 2.17. The van der Waals surface area contributed by atoms with Crippen LogP contribution in [0.15, 0.2) is 29.4 Å². The predicted molar refractivity (Wildman–Crippen MR) is 63.5 cm³/mol. The summed E-state index contributed by atoms with van der Waals surface area (Å²) < 4.78 is 22.7. The first-order valence-corrected chi connectivity index (χ1v) is 6.58. The van der Waals surface area contributed by atoms with Gasteiger partial charge in [-0.3, -0.25) is 0 Å². The highest BCUT2D eigenvalue weighted by molar-refractivity contribution is 7.92. The average molecular weight is 242 g/mol. The molecule has 1 atom stereocenters. The van der Waals surface area contributed by atoms with Crippen LogP contribution in [0.4, 0.5) is 5.69 Å². The van der Waals surface area contributed by atoms with Gasteiger partial charge in [0.25, 0.3) is 0 Å². The van der Waals surface area contributed by atoms with Gasteiger partial charge in [0.1, 0.15) is 11.0 Å². The maximum atomic E-state index is 11.4. The van der Waals surface area contributed by atoms with Crippen molar-refractivity contribution in [1.82, 2.24) is 0 Å². The van der Waals surface area contributed by atoms with E-state index in [0.29, 0.717) is 11.3 Å². The van der Waals surface area contributed by atoms with E-state index in [4.69, 9.17) is 10.9 Å². The number of rotatable bonds is 3. The molecule has 0 radical (unpaired) electrons. The fourth-order valence-electron chi connectivity index (χ4n) is 1.27. The fourth-order valence-corrected chi connectivity index (χ4v) is 1.86. The van der Waals surface area contributed by atoms with Crippen LogP contribution in [0.5, 0.6) is 0 Å². The molecule has 6 heteroatoms. The highest BCUT2D eigenvalue weighted by Crippen LogP contribution is 2.13. The van der Waals surface area contributed by atoms with Crippen LogP contribution in [0.2, 0.25) is 0 Å². The Balaban J connectivity index is 3.20. The topological polar surface area (TPSA) is 92.8 Å². The third-order valence-corrected chi connectivity index (χ3v) is 3.83. The molecule has 0 amide bonds. The number of sulfone groups is 1. The smallest absolute Gasteiger partial charge is 0.155 e. The van der Waals surface area contributed by atoms with Gasteiger partial charge >= 0.3 is 0 Å². The van der Waals surface area contributed by atoms with Gasteiger partial charge in [-0.15, -0.1) is 0 Å². The van der Waals surface area contributed by atoms with E-state index in [-0.39, 0.29) is 5.71 Å². The molecule has 3 N–H and O–H groups in total. The molecule has 1 aromatic carbocycles. The summed E-state index contributed by atoms with van der Waals surface area (Å²) in [7, 11) is -3.31. The van der Waals surface area contributed by atoms with Crippen molar-refractivity contribution < 1.29 is 13.6 Å². The standard InChI is InChI=1S/C10H14N2O3S/c1-7(16(2,14)15)10(12-13)8-4-3-5-9(11)6-8/h3-7,13H,11H2,1-2H3. The quantitative estimate of drug-likeness (QED) is 0.356. The van der Waals surface area contributed by atoms with E-state index < -0.39 is 15.1 Å². The molecule has 0 saturated heterocycles. The number of nitrogens with zero attached hydrogens (tertiary/aromatic N) is 1. The highest BCUT2D eigenvalue weighted by Gasteiger charge is 2.23. The van der Waals surface area contributed by atoms with Crippen LogP contribution in [-0.2, 0) is 9.84 Å². The number of oxime groups is 1. The summed E-state index contributed by atoms with van der Waals surface area (Å²) >= 11 is 0. The van der Waals surface area contributed by atoms with E-state index in [1.807, 2.05) is 0 Å². The van der Waals surface area contributed by atoms with Gasteiger partial charge in [0.15, 0.2) is 9.84 Å². The monoisotopic (exact) mass is 242 g/mol. The molecule has 0 saturated carbocycles. The van der Waals surface area contributed by atoms with Crippen molar-refractivity contribution in [1.29, 1.82) is 0 Å². The lowest BCUT2D eigenvalue weighted by Gasteiger charge is -2.11. The van der Waals surface area contributed by atoms with Crippen LogP contribution in [-0.4, -0.2) is 30.8 Å². The molecule has 88 valence electrons. The summed E-state index contributed by atoms with van der Waals surface area (Å²) in [6, 6.07) is 6.55. The summed E-state index contributed by atoms with van der Waals surface area (Å²) in [6.07, 6.45) is 1.09. The number of hydrogen-bond acceptors (Lipinski definition) is 5. The van der Waals surface area contributed by atoms with Crippen LogP contribution >= 0.6 is 0 Å². The predicted octanol–water partition coefficient (Wildman–Crippen LogP) is 0.880. The Kier molecular flexibility index (Phi) is 3.54. The number of anilines is 1. The lowest BCUT2D eigenvalue weighted by atomic mass is 10.1. The number of nitrogens with two attached hydrogens (primary N) is 1. The fraction of sp³-hybridized carbons (Fsp3) is 0.300. The molecule has 0 spiro atoms. The maximum Gasteiger partial charge on any atom is 0.155 e. The van der Waals surface area contributed by atoms with E-state index in [9.17, 15) is 8.42 Å². The van der Waals surface area contributed by atoms with Gasteiger partial charge in [-0.05, 0) is 19.1 Å². The summed E-state index contributed by atoms with van der Waals surface area (Å²) in [5, 5.41) is 11.1. The maximum absolute atomic E-state index is 11.4. The zero-order chi connectivity index (χ0) is 12.3. The van der Waals surface area contributed by atoms with Gasteiger partial charge in [-0.2, -0.15) is 0 Å². The van der Waals surface area contributed by atoms with Gasteiger partial charge in [0.05, 0.1) is 0 Å². The Bertz CT molecular complexity index is 509.